The third-order valence-electron chi connectivity index (χ3n) is 1.21. The number of rotatable bonds is 1. The quantitative estimate of drug-likeness (QED) is 0.478. The topological polar surface area (TPSA) is 40.1 Å². The molecular formula is C7H6BrNaO2S. The zero-order chi connectivity index (χ0) is 8.43. The van der Waals surface area contributed by atoms with E-state index in [9.17, 15) is 8.76 Å². The molecule has 5 heteroatoms. The maximum atomic E-state index is 10.5. The maximum absolute atomic E-state index is 10.5. The van der Waals surface area contributed by atoms with Crippen LogP contribution in [0.5, 0.6) is 0 Å². The molecule has 1 atom stereocenters. The monoisotopic (exact) mass is 256 g/mol. The Kier molecular flexibility index (Phi) is 5.89. The Bertz CT molecular complexity index is 283. The number of hydrogen-bond donors (Lipinski definition) is 0. The second-order valence-electron chi connectivity index (χ2n) is 2.20. The van der Waals surface area contributed by atoms with Gasteiger partial charge >= 0.3 is 29.6 Å². The van der Waals surface area contributed by atoms with Crippen LogP contribution in [-0.4, -0.2) is 8.76 Å². The molecule has 0 saturated carbocycles. The van der Waals surface area contributed by atoms with E-state index in [1.165, 1.54) is 0 Å². The summed E-state index contributed by atoms with van der Waals surface area (Å²) in [7, 11) is 0. The fourth-order valence-electron chi connectivity index (χ4n) is 0.799. The van der Waals surface area contributed by atoms with Crippen molar-refractivity contribution in [3.63, 3.8) is 0 Å². The second kappa shape index (κ2) is 5.52. The molecule has 60 valence electrons. The van der Waals surface area contributed by atoms with Crippen LogP contribution in [0.3, 0.4) is 0 Å². The van der Waals surface area contributed by atoms with E-state index in [4.69, 9.17) is 0 Å². The summed E-state index contributed by atoms with van der Waals surface area (Å²) >= 11 is 1.08. The van der Waals surface area contributed by atoms with Crippen LogP contribution in [0.1, 0.15) is 5.56 Å². The summed E-state index contributed by atoms with van der Waals surface area (Å²) in [5.41, 5.74) is 0.929. The van der Waals surface area contributed by atoms with Crippen LogP contribution in [0, 0.1) is 6.92 Å². The first-order valence-electron chi connectivity index (χ1n) is 2.96. The summed E-state index contributed by atoms with van der Waals surface area (Å²) in [6.07, 6.45) is 0. The first-order valence-corrected chi connectivity index (χ1v) is 4.83. The molecule has 1 aromatic rings. The molecule has 0 aliphatic heterocycles. The average Bonchev–Trinajstić information content (AvgIpc) is 1.85. The molecule has 0 amide bonds. The molecule has 0 N–H and O–H groups in total. The van der Waals surface area contributed by atoms with Gasteiger partial charge in [0.1, 0.15) is 0 Å². The van der Waals surface area contributed by atoms with E-state index in [0.717, 1.165) is 10.0 Å². The van der Waals surface area contributed by atoms with Crippen molar-refractivity contribution in [2.45, 2.75) is 11.8 Å². The van der Waals surface area contributed by atoms with Gasteiger partial charge in [-0.3, -0.25) is 4.21 Å². The largest absolute Gasteiger partial charge is 1.00 e. The van der Waals surface area contributed by atoms with Crippen molar-refractivity contribution in [2.24, 2.45) is 0 Å². The van der Waals surface area contributed by atoms with Crippen LogP contribution in [0.15, 0.2) is 27.6 Å². The Morgan fingerprint density at radius 3 is 2.42 bits per heavy atom. The minimum Gasteiger partial charge on any atom is -0.768 e. The summed E-state index contributed by atoms with van der Waals surface area (Å²) in [5, 5.41) is 0. The minimum atomic E-state index is -2.13. The number of aryl methyl sites for hydroxylation is 1. The molecule has 0 heterocycles. The minimum absolute atomic E-state index is 0. The zero-order valence-corrected chi connectivity index (χ0v) is 11.2. The predicted molar refractivity (Wildman–Crippen MR) is 46.1 cm³/mol. The standard InChI is InChI=1S/C7H7BrO2S.Na/c1-5-2-6(8)4-7(3-5)11(9)10;/h2-4H,1H3,(H,9,10);/q;+1/p-1. The van der Waals surface area contributed by atoms with Gasteiger partial charge in [0.05, 0.1) is 0 Å². The summed E-state index contributed by atoms with van der Waals surface area (Å²) in [6, 6.07) is 5.04. The molecule has 0 aliphatic carbocycles. The Morgan fingerprint density at radius 2 is 2.00 bits per heavy atom. The Labute approximate surface area is 104 Å². The molecule has 2 nitrogen and oxygen atoms in total. The molecule has 12 heavy (non-hydrogen) atoms. The van der Waals surface area contributed by atoms with Gasteiger partial charge in [-0.1, -0.05) is 15.9 Å². The summed E-state index contributed by atoms with van der Waals surface area (Å²) in [5.74, 6) is 0. The van der Waals surface area contributed by atoms with Gasteiger partial charge in [-0.15, -0.1) is 0 Å². The maximum Gasteiger partial charge on any atom is 1.00 e. The Balaban J connectivity index is 0.00000121. The SMILES string of the molecule is Cc1cc(Br)cc(S(=O)[O-])c1.[Na+]. The summed E-state index contributed by atoms with van der Waals surface area (Å²) < 4.78 is 21.8. The van der Waals surface area contributed by atoms with E-state index < -0.39 is 11.1 Å². The van der Waals surface area contributed by atoms with Gasteiger partial charge in [-0.05, 0) is 41.8 Å². The molecule has 0 aromatic heterocycles. The van der Waals surface area contributed by atoms with Crippen LogP contribution in [0.2, 0.25) is 0 Å². The fraction of sp³-hybridized carbons (Fsp3) is 0.143. The number of halogens is 1. The van der Waals surface area contributed by atoms with Gasteiger partial charge in [-0.25, -0.2) is 0 Å². The van der Waals surface area contributed by atoms with Crippen LogP contribution < -0.4 is 29.6 Å². The third kappa shape index (κ3) is 3.68. The first-order chi connectivity index (χ1) is 5.09. The van der Waals surface area contributed by atoms with Crippen molar-refractivity contribution >= 4 is 27.0 Å². The second-order valence-corrected chi connectivity index (χ2v) is 4.06. The van der Waals surface area contributed by atoms with E-state index in [1.807, 2.05) is 13.0 Å². The number of hydrogen-bond acceptors (Lipinski definition) is 2. The van der Waals surface area contributed by atoms with Gasteiger partial charge in [-0.2, -0.15) is 0 Å². The summed E-state index contributed by atoms with van der Waals surface area (Å²) in [4.78, 5) is 0.317. The molecule has 1 rings (SSSR count). The number of benzene rings is 1. The van der Waals surface area contributed by atoms with Crippen molar-refractivity contribution in [1.29, 1.82) is 0 Å². The Hall–Kier alpha value is 0.810. The van der Waals surface area contributed by atoms with Crippen LogP contribution in [0.4, 0.5) is 0 Å². The molecule has 0 radical (unpaired) electrons. The molecule has 0 bridgehead atoms. The molecule has 0 saturated heterocycles. The van der Waals surface area contributed by atoms with E-state index >= 15 is 0 Å². The van der Waals surface area contributed by atoms with Gasteiger partial charge in [0.15, 0.2) is 0 Å². The predicted octanol–water partition coefficient (Wildman–Crippen LogP) is -1.00. The van der Waals surface area contributed by atoms with Gasteiger partial charge in [0, 0.05) is 9.37 Å². The Morgan fingerprint density at radius 1 is 1.42 bits per heavy atom. The molecular weight excluding hydrogens is 251 g/mol. The van der Waals surface area contributed by atoms with Crippen LogP contribution >= 0.6 is 15.9 Å². The normalized spacial score (nSPS) is 11.9. The van der Waals surface area contributed by atoms with Crippen molar-refractivity contribution in [3.8, 4) is 0 Å². The van der Waals surface area contributed by atoms with E-state index in [-0.39, 0.29) is 29.6 Å². The fourth-order valence-corrected chi connectivity index (χ4v) is 2.06. The van der Waals surface area contributed by atoms with Crippen molar-refractivity contribution in [2.75, 3.05) is 0 Å². The van der Waals surface area contributed by atoms with Gasteiger partial charge in [0.25, 0.3) is 0 Å². The average molecular weight is 257 g/mol. The molecule has 0 aliphatic rings. The zero-order valence-electron chi connectivity index (χ0n) is 6.83. The van der Waals surface area contributed by atoms with E-state index in [1.54, 1.807) is 12.1 Å². The van der Waals surface area contributed by atoms with Gasteiger partial charge in [0.2, 0.25) is 0 Å². The van der Waals surface area contributed by atoms with Crippen LogP contribution in [0.25, 0.3) is 0 Å². The van der Waals surface area contributed by atoms with Crippen molar-refractivity contribution in [1.82, 2.24) is 0 Å². The van der Waals surface area contributed by atoms with Crippen molar-refractivity contribution in [3.05, 3.63) is 28.2 Å². The molecule has 0 spiro atoms. The molecule has 0 fully saturated rings. The molecule has 1 unspecified atom stereocenters. The van der Waals surface area contributed by atoms with E-state index in [0.29, 0.717) is 4.90 Å². The van der Waals surface area contributed by atoms with Crippen molar-refractivity contribution < 1.29 is 38.3 Å². The smallest absolute Gasteiger partial charge is 0.768 e. The van der Waals surface area contributed by atoms with Gasteiger partial charge < -0.3 is 4.55 Å². The first kappa shape index (κ1) is 12.8. The van der Waals surface area contributed by atoms with E-state index in [2.05, 4.69) is 15.9 Å². The summed E-state index contributed by atoms with van der Waals surface area (Å²) in [6.45, 7) is 1.85. The van der Waals surface area contributed by atoms with Crippen LogP contribution in [-0.2, 0) is 11.1 Å². The molecule has 1 aromatic carbocycles. The third-order valence-corrected chi connectivity index (χ3v) is 2.29.